The minimum Gasteiger partial charge on any atom is -0.396 e. The van der Waals surface area contributed by atoms with Gasteiger partial charge in [0.05, 0.1) is 11.5 Å². The summed E-state index contributed by atoms with van der Waals surface area (Å²) in [5, 5.41) is 24.7. The largest absolute Gasteiger partial charge is 0.396 e. The van der Waals surface area contributed by atoms with Gasteiger partial charge in [-0.25, -0.2) is 4.98 Å². The fourth-order valence-corrected chi connectivity index (χ4v) is 5.20. The van der Waals surface area contributed by atoms with Crippen LogP contribution in [0.15, 0.2) is 29.2 Å². The van der Waals surface area contributed by atoms with Crippen molar-refractivity contribution in [2.75, 3.05) is 56.6 Å². The second-order valence-corrected chi connectivity index (χ2v) is 9.59. The molecule has 3 heterocycles. The number of aromatic nitrogens is 3. The number of likely N-dealkylation sites (N-methyl/N-ethyl adjacent to an activating group) is 1. The van der Waals surface area contributed by atoms with Crippen LogP contribution in [0.25, 0.3) is 21.8 Å². The zero-order valence-electron chi connectivity index (χ0n) is 19.8. The van der Waals surface area contributed by atoms with Gasteiger partial charge in [-0.3, -0.25) is 9.36 Å². The van der Waals surface area contributed by atoms with Gasteiger partial charge in [0.1, 0.15) is 5.65 Å². The number of aliphatic hydroxyl groups excluding tert-OH is 2. The molecule has 0 spiro atoms. The fraction of sp³-hybridized carbons (Fsp3) is 0.560. The van der Waals surface area contributed by atoms with Crippen molar-refractivity contribution in [3.05, 3.63) is 34.7 Å². The molecule has 1 saturated carbocycles. The lowest BCUT2D eigenvalue weighted by Gasteiger charge is -2.34. The van der Waals surface area contributed by atoms with Crippen LogP contribution in [0.4, 0.5) is 11.6 Å². The quantitative estimate of drug-likeness (QED) is 0.374. The van der Waals surface area contributed by atoms with Crippen LogP contribution in [0.3, 0.4) is 0 Å². The van der Waals surface area contributed by atoms with Gasteiger partial charge in [-0.2, -0.15) is 4.98 Å². The Hall–Kier alpha value is -2.75. The average molecular weight is 467 g/mol. The first-order valence-electron chi connectivity index (χ1n) is 12.4. The monoisotopic (exact) mass is 466 g/mol. The third kappa shape index (κ3) is 4.47. The molecule has 1 aliphatic heterocycles. The molecule has 1 saturated heterocycles. The number of aliphatic hydroxyl groups is 2. The predicted molar refractivity (Wildman–Crippen MR) is 135 cm³/mol. The molecule has 3 aromatic rings. The smallest absolute Gasteiger partial charge is 0.260 e. The highest BCUT2D eigenvalue weighted by molar-refractivity contribution is 6.05. The number of nitrogens with zero attached hydrogens (tertiary/aromatic N) is 5. The molecule has 0 unspecified atom stereocenters. The summed E-state index contributed by atoms with van der Waals surface area (Å²) in [6.07, 6.45) is 4.97. The van der Waals surface area contributed by atoms with Crippen LogP contribution < -0.4 is 15.8 Å². The van der Waals surface area contributed by atoms with Gasteiger partial charge in [0, 0.05) is 62.6 Å². The Morgan fingerprint density at radius 2 is 1.82 bits per heavy atom. The summed E-state index contributed by atoms with van der Waals surface area (Å²) in [6, 6.07) is 6.16. The Balaban J connectivity index is 1.63. The van der Waals surface area contributed by atoms with Gasteiger partial charge in [-0.15, -0.1) is 0 Å². The van der Waals surface area contributed by atoms with Crippen LogP contribution in [0.5, 0.6) is 0 Å². The van der Waals surface area contributed by atoms with Crippen LogP contribution in [0.1, 0.15) is 38.1 Å². The van der Waals surface area contributed by atoms with Crippen LogP contribution in [0.2, 0.25) is 0 Å². The fourth-order valence-electron chi connectivity index (χ4n) is 5.20. The number of nitrogens with one attached hydrogen (secondary N) is 1. The Morgan fingerprint density at radius 1 is 1.06 bits per heavy atom. The topological polar surface area (TPSA) is 107 Å². The van der Waals surface area contributed by atoms with Crippen molar-refractivity contribution in [1.29, 1.82) is 0 Å². The van der Waals surface area contributed by atoms with E-state index in [9.17, 15) is 9.90 Å². The molecule has 0 radical (unpaired) electrons. The van der Waals surface area contributed by atoms with Gasteiger partial charge < -0.3 is 25.3 Å². The minimum absolute atomic E-state index is 0.00437. The molecule has 9 heteroatoms. The number of pyridine rings is 1. The Kier molecular flexibility index (Phi) is 6.67. The van der Waals surface area contributed by atoms with E-state index in [0.29, 0.717) is 42.8 Å². The number of hydrogen-bond donors (Lipinski definition) is 3. The summed E-state index contributed by atoms with van der Waals surface area (Å²) < 4.78 is 1.84. The first-order chi connectivity index (χ1) is 16.5. The molecule has 1 aliphatic carbocycles. The molecule has 1 aromatic carbocycles. The summed E-state index contributed by atoms with van der Waals surface area (Å²) in [6.45, 7) is 4.54. The molecule has 5 rings (SSSR count). The predicted octanol–water partition coefficient (Wildman–Crippen LogP) is 1.97. The van der Waals surface area contributed by atoms with E-state index < -0.39 is 0 Å². The second kappa shape index (κ2) is 9.85. The van der Waals surface area contributed by atoms with Crippen LogP contribution in [0, 0.1) is 0 Å². The number of anilines is 2. The maximum atomic E-state index is 13.9. The molecule has 3 N–H and O–H groups in total. The van der Waals surface area contributed by atoms with Crippen molar-refractivity contribution in [3.8, 4) is 0 Å². The normalized spacial score (nSPS) is 21.9. The van der Waals surface area contributed by atoms with E-state index in [-0.39, 0.29) is 24.3 Å². The molecule has 0 atom stereocenters. The number of rotatable bonds is 6. The Morgan fingerprint density at radius 3 is 2.56 bits per heavy atom. The summed E-state index contributed by atoms with van der Waals surface area (Å²) >= 11 is 0. The van der Waals surface area contributed by atoms with Crippen molar-refractivity contribution >= 4 is 33.4 Å². The van der Waals surface area contributed by atoms with Crippen LogP contribution >= 0.6 is 0 Å². The van der Waals surface area contributed by atoms with Gasteiger partial charge in [0.15, 0.2) is 0 Å². The van der Waals surface area contributed by atoms with Gasteiger partial charge >= 0.3 is 0 Å². The van der Waals surface area contributed by atoms with E-state index in [1.54, 1.807) is 6.20 Å². The number of fused-ring (bicyclic) bond motifs is 3. The second-order valence-electron chi connectivity index (χ2n) is 9.59. The number of piperazine rings is 1. The first kappa shape index (κ1) is 23.0. The molecule has 9 nitrogen and oxygen atoms in total. The van der Waals surface area contributed by atoms with Gasteiger partial charge in [0.25, 0.3) is 5.56 Å². The Labute approximate surface area is 199 Å². The zero-order valence-corrected chi connectivity index (χ0v) is 19.8. The van der Waals surface area contributed by atoms with E-state index in [2.05, 4.69) is 33.2 Å². The summed E-state index contributed by atoms with van der Waals surface area (Å²) in [7, 11) is 2.14. The van der Waals surface area contributed by atoms with Gasteiger partial charge in [-0.1, -0.05) is 6.07 Å². The van der Waals surface area contributed by atoms with Crippen LogP contribution in [-0.2, 0) is 0 Å². The number of hydrogen-bond acceptors (Lipinski definition) is 8. The van der Waals surface area contributed by atoms with E-state index in [0.717, 1.165) is 55.5 Å². The molecule has 182 valence electrons. The van der Waals surface area contributed by atoms with Gasteiger partial charge in [-0.05, 0) is 56.7 Å². The highest BCUT2D eigenvalue weighted by Gasteiger charge is 2.26. The lowest BCUT2D eigenvalue weighted by atomic mass is 9.92. The highest BCUT2D eigenvalue weighted by Crippen LogP contribution is 2.33. The van der Waals surface area contributed by atoms with Crippen molar-refractivity contribution < 1.29 is 10.2 Å². The highest BCUT2D eigenvalue weighted by atomic mass is 16.3. The lowest BCUT2D eigenvalue weighted by molar-refractivity contribution is 0.111. The van der Waals surface area contributed by atoms with Crippen molar-refractivity contribution in [1.82, 2.24) is 19.4 Å². The maximum absolute atomic E-state index is 13.9. The molecular formula is C25H34N6O3. The van der Waals surface area contributed by atoms with E-state index in [4.69, 9.17) is 10.1 Å². The van der Waals surface area contributed by atoms with E-state index >= 15 is 0 Å². The van der Waals surface area contributed by atoms with Crippen molar-refractivity contribution in [2.45, 2.75) is 44.2 Å². The van der Waals surface area contributed by atoms with Crippen molar-refractivity contribution in [3.63, 3.8) is 0 Å². The summed E-state index contributed by atoms with van der Waals surface area (Å²) in [5.74, 6) is 0.457. The molecular weight excluding hydrogens is 432 g/mol. The zero-order chi connectivity index (χ0) is 23.7. The molecule has 2 aliphatic rings. The minimum atomic E-state index is -0.298. The molecule has 34 heavy (non-hydrogen) atoms. The standard InChI is InChI=1S/C25H34N6O3/c1-29-10-12-30(13-11-29)18-5-8-20-21(15-18)24(34)31(17-3-6-19(33)7-4-17)23-22(20)16-27-25(28-23)26-9-2-14-32/h5,8,15-17,19,32-33H,2-4,6-7,9-14H2,1H3,(H,26,27,28)/t17-,19-. The first-order valence-corrected chi connectivity index (χ1v) is 12.4. The van der Waals surface area contributed by atoms with E-state index in [1.807, 2.05) is 16.7 Å². The number of benzene rings is 1. The maximum Gasteiger partial charge on any atom is 0.260 e. The average Bonchev–Trinajstić information content (AvgIpc) is 2.85. The third-order valence-corrected chi connectivity index (χ3v) is 7.26. The molecule has 2 aromatic heterocycles. The summed E-state index contributed by atoms with van der Waals surface area (Å²) in [5.41, 5.74) is 1.68. The molecule has 0 amide bonds. The summed E-state index contributed by atoms with van der Waals surface area (Å²) in [4.78, 5) is 27.9. The lowest BCUT2D eigenvalue weighted by Crippen LogP contribution is -2.44. The molecule has 0 bridgehead atoms. The third-order valence-electron chi connectivity index (χ3n) is 7.26. The van der Waals surface area contributed by atoms with Crippen molar-refractivity contribution in [2.24, 2.45) is 0 Å². The van der Waals surface area contributed by atoms with E-state index in [1.165, 1.54) is 0 Å². The molecule has 2 fully saturated rings. The Bertz CT molecular complexity index is 1210. The van der Waals surface area contributed by atoms with Gasteiger partial charge in [0.2, 0.25) is 5.95 Å². The SMILES string of the molecule is CN1CCN(c2ccc3c(c2)c(=O)n([C@H]2CC[C@H](O)CC2)c2nc(NCCCO)ncc32)CC1. The van der Waals surface area contributed by atoms with Crippen LogP contribution in [-0.4, -0.2) is 82.1 Å².